The second-order valence-corrected chi connectivity index (χ2v) is 6.17. The zero-order valence-corrected chi connectivity index (χ0v) is 12.8. The third-order valence-corrected chi connectivity index (χ3v) is 4.63. The Bertz CT molecular complexity index is 400. The Balaban J connectivity index is 2.27. The molecule has 1 aliphatic heterocycles. The molecule has 2 heterocycles. The molecule has 1 saturated heterocycles. The van der Waals surface area contributed by atoms with Crippen LogP contribution in [0, 0.1) is 0 Å². The fourth-order valence-electron chi connectivity index (χ4n) is 1.99. The van der Waals surface area contributed by atoms with E-state index in [1.54, 1.807) is 11.8 Å². The Morgan fingerprint density at radius 1 is 1.56 bits per heavy atom. The summed E-state index contributed by atoms with van der Waals surface area (Å²) in [5.74, 6) is 4.34. The van der Waals surface area contributed by atoms with Crippen LogP contribution in [0.1, 0.15) is 13.8 Å². The number of rotatable bonds is 4. The van der Waals surface area contributed by atoms with Crippen molar-refractivity contribution in [3.63, 3.8) is 0 Å². The second-order valence-electron chi connectivity index (χ2n) is 4.25. The van der Waals surface area contributed by atoms with Crippen LogP contribution in [0.25, 0.3) is 0 Å². The molecule has 1 aromatic rings. The highest BCUT2D eigenvalue weighted by Crippen LogP contribution is 2.25. The van der Waals surface area contributed by atoms with E-state index >= 15 is 0 Å². The second kappa shape index (κ2) is 6.52. The van der Waals surface area contributed by atoms with Crippen molar-refractivity contribution in [1.29, 1.82) is 0 Å². The van der Waals surface area contributed by atoms with Gasteiger partial charge >= 0.3 is 0 Å². The molecule has 0 spiro atoms. The fourth-order valence-corrected chi connectivity index (χ4v) is 3.38. The molecular weight excluding hydrogens is 264 g/mol. The van der Waals surface area contributed by atoms with E-state index in [2.05, 4.69) is 40.1 Å². The summed E-state index contributed by atoms with van der Waals surface area (Å²) >= 11 is 3.61. The van der Waals surface area contributed by atoms with E-state index in [-0.39, 0.29) is 0 Å². The van der Waals surface area contributed by atoms with Gasteiger partial charge in [-0.2, -0.15) is 11.8 Å². The summed E-state index contributed by atoms with van der Waals surface area (Å²) in [4.78, 5) is 11.5. The van der Waals surface area contributed by atoms with E-state index in [0.717, 1.165) is 29.9 Å². The van der Waals surface area contributed by atoms with Gasteiger partial charge in [-0.05, 0) is 20.1 Å². The van der Waals surface area contributed by atoms with Crippen molar-refractivity contribution in [2.24, 2.45) is 0 Å². The number of anilines is 2. The number of hydrogen-bond acceptors (Lipinski definition) is 6. The van der Waals surface area contributed by atoms with Gasteiger partial charge in [-0.1, -0.05) is 11.8 Å². The Labute approximate surface area is 117 Å². The summed E-state index contributed by atoms with van der Waals surface area (Å²) in [6.45, 7) is 6.30. The third-order valence-electron chi connectivity index (χ3n) is 2.89. The molecule has 0 bridgehead atoms. The topological polar surface area (TPSA) is 41.0 Å². The quantitative estimate of drug-likeness (QED) is 0.677. The minimum Gasteiger partial charge on any atom is -0.370 e. The Kier molecular flexibility index (Phi) is 5.00. The first-order valence-electron chi connectivity index (χ1n) is 6.26. The molecule has 1 N–H and O–H groups in total. The molecule has 0 amide bonds. The van der Waals surface area contributed by atoms with Gasteiger partial charge in [0.05, 0.1) is 0 Å². The van der Waals surface area contributed by atoms with Gasteiger partial charge in [-0.25, -0.2) is 9.97 Å². The first kappa shape index (κ1) is 13.8. The lowest BCUT2D eigenvalue weighted by molar-refractivity contribution is 0.682. The van der Waals surface area contributed by atoms with Gasteiger partial charge < -0.3 is 10.2 Å². The highest BCUT2D eigenvalue weighted by Gasteiger charge is 2.21. The molecule has 1 atom stereocenters. The summed E-state index contributed by atoms with van der Waals surface area (Å²) in [7, 11) is 0. The maximum atomic E-state index is 4.64. The third kappa shape index (κ3) is 3.23. The largest absolute Gasteiger partial charge is 0.370 e. The van der Waals surface area contributed by atoms with Gasteiger partial charge in [0.25, 0.3) is 0 Å². The van der Waals surface area contributed by atoms with E-state index in [1.165, 1.54) is 11.5 Å². The molecule has 0 radical (unpaired) electrons. The van der Waals surface area contributed by atoms with Crippen LogP contribution < -0.4 is 10.2 Å². The number of aromatic nitrogens is 2. The number of nitrogens with one attached hydrogen (secondary N) is 1. The Morgan fingerprint density at radius 3 is 3.06 bits per heavy atom. The lowest BCUT2D eigenvalue weighted by Gasteiger charge is -2.34. The van der Waals surface area contributed by atoms with Crippen molar-refractivity contribution in [3.8, 4) is 0 Å². The monoisotopic (exact) mass is 284 g/mol. The van der Waals surface area contributed by atoms with Crippen LogP contribution in [0.5, 0.6) is 0 Å². The summed E-state index contributed by atoms with van der Waals surface area (Å²) < 4.78 is 0. The van der Waals surface area contributed by atoms with Crippen LogP contribution in [0.3, 0.4) is 0 Å². The Morgan fingerprint density at radius 2 is 2.39 bits per heavy atom. The smallest absolute Gasteiger partial charge is 0.191 e. The Hall–Kier alpha value is -0.620. The maximum absolute atomic E-state index is 4.64. The molecule has 18 heavy (non-hydrogen) atoms. The van der Waals surface area contributed by atoms with Crippen LogP contribution in [0.4, 0.5) is 11.6 Å². The van der Waals surface area contributed by atoms with Gasteiger partial charge in [0.15, 0.2) is 5.16 Å². The normalized spacial score (nSPS) is 19.9. The predicted molar refractivity (Wildman–Crippen MR) is 82.1 cm³/mol. The molecule has 4 nitrogen and oxygen atoms in total. The highest BCUT2D eigenvalue weighted by molar-refractivity contribution is 7.99. The predicted octanol–water partition coefficient (Wildman–Crippen LogP) is 2.57. The number of thioether (sulfide) groups is 2. The lowest BCUT2D eigenvalue weighted by Crippen LogP contribution is -2.41. The van der Waals surface area contributed by atoms with Crippen molar-refractivity contribution >= 4 is 35.2 Å². The van der Waals surface area contributed by atoms with Crippen molar-refractivity contribution in [2.75, 3.05) is 41.1 Å². The van der Waals surface area contributed by atoms with Gasteiger partial charge in [-0.15, -0.1) is 0 Å². The molecule has 0 aliphatic carbocycles. The fraction of sp³-hybridized carbons (Fsp3) is 0.667. The van der Waals surface area contributed by atoms with Crippen molar-refractivity contribution in [2.45, 2.75) is 25.0 Å². The summed E-state index contributed by atoms with van der Waals surface area (Å²) in [5, 5.41) is 4.12. The molecule has 0 saturated carbocycles. The van der Waals surface area contributed by atoms with E-state index in [4.69, 9.17) is 0 Å². The zero-order valence-electron chi connectivity index (χ0n) is 11.1. The average molecular weight is 284 g/mol. The summed E-state index contributed by atoms with van der Waals surface area (Å²) in [6, 6.07) is 2.61. The number of hydrogen-bond donors (Lipinski definition) is 1. The molecule has 0 aromatic carbocycles. The van der Waals surface area contributed by atoms with Crippen molar-refractivity contribution < 1.29 is 0 Å². The minimum atomic E-state index is 0.544. The first-order valence-corrected chi connectivity index (χ1v) is 8.64. The van der Waals surface area contributed by atoms with Gasteiger partial charge in [0.2, 0.25) is 0 Å². The van der Waals surface area contributed by atoms with Crippen LogP contribution in [0.2, 0.25) is 0 Å². The summed E-state index contributed by atoms with van der Waals surface area (Å²) in [5.41, 5.74) is 0. The van der Waals surface area contributed by atoms with E-state index in [1.807, 2.05) is 18.0 Å². The molecule has 1 fully saturated rings. The van der Waals surface area contributed by atoms with Crippen LogP contribution in [0.15, 0.2) is 11.2 Å². The van der Waals surface area contributed by atoms with Crippen molar-refractivity contribution in [3.05, 3.63) is 6.07 Å². The van der Waals surface area contributed by atoms with E-state index in [9.17, 15) is 0 Å². The molecule has 1 unspecified atom stereocenters. The molecule has 1 aliphatic rings. The lowest BCUT2D eigenvalue weighted by atomic mass is 10.3. The molecular formula is C12H20N4S2. The minimum absolute atomic E-state index is 0.544. The van der Waals surface area contributed by atoms with E-state index in [0.29, 0.717) is 6.04 Å². The van der Waals surface area contributed by atoms with Gasteiger partial charge in [0, 0.05) is 36.7 Å². The molecule has 100 valence electrons. The molecule has 2 rings (SSSR count). The summed E-state index contributed by atoms with van der Waals surface area (Å²) in [6.07, 6.45) is 2.02. The maximum Gasteiger partial charge on any atom is 0.191 e. The molecule has 6 heteroatoms. The van der Waals surface area contributed by atoms with Crippen LogP contribution >= 0.6 is 23.5 Å². The van der Waals surface area contributed by atoms with E-state index < -0.39 is 0 Å². The molecule has 1 aromatic heterocycles. The first-order chi connectivity index (χ1) is 8.74. The SMILES string of the molecule is CCNc1cc(N2CCSCC2C)nc(SC)n1. The van der Waals surface area contributed by atoms with Gasteiger partial charge in [-0.3, -0.25) is 0 Å². The van der Waals surface area contributed by atoms with Crippen LogP contribution in [-0.4, -0.2) is 46.9 Å². The average Bonchev–Trinajstić information content (AvgIpc) is 2.39. The standard InChI is InChI=1S/C12H20N4S2/c1-4-13-10-7-11(15-12(14-10)17-3)16-5-6-18-8-9(16)2/h7,9H,4-6,8H2,1-3H3,(H,13,14,15). The zero-order chi connectivity index (χ0) is 13.0. The number of nitrogens with zero attached hydrogens (tertiary/aromatic N) is 3. The highest BCUT2D eigenvalue weighted by atomic mass is 32.2. The van der Waals surface area contributed by atoms with Crippen LogP contribution in [-0.2, 0) is 0 Å². The van der Waals surface area contributed by atoms with Crippen molar-refractivity contribution in [1.82, 2.24) is 9.97 Å². The van der Waals surface area contributed by atoms with Gasteiger partial charge in [0.1, 0.15) is 11.6 Å².